The molecule has 2 nitrogen and oxygen atoms in total. The zero-order chi connectivity index (χ0) is 82.1. The topological polar surface area (TPSA) is 9.86 Å². The molecule has 0 aliphatic heterocycles. The molecule has 0 aliphatic rings. The fourth-order valence-corrected chi connectivity index (χ4v) is 32.8. The maximum absolute atomic E-state index is 2.45. The van der Waals surface area contributed by atoms with E-state index in [4.69, 9.17) is 0 Å². The summed E-state index contributed by atoms with van der Waals surface area (Å²) in [5, 5.41) is 28.3. The van der Waals surface area contributed by atoms with Crippen LogP contribution in [0.4, 0.5) is 0 Å². The van der Waals surface area contributed by atoms with Crippen LogP contribution in [0.2, 0.25) is 0 Å². The van der Waals surface area contributed by atoms with Crippen molar-refractivity contribution in [2.45, 2.75) is 0 Å². The number of thiophene rings is 10. The lowest BCUT2D eigenvalue weighted by Crippen LogP contribution is -1.93. The van der Waals surface area contributed by atoms with Gasteiger partial charge in [0, 0.05) is 190 Å². The molecule has 0 spiro atoms. The second-order valence-corrected chi connectivity index (χ2v) is 44.0. The maximum atomic E-state index is 2.45. The summed E-state index contributed by atoms with van der Waals surface area (Å²) < 4.78 is 28.1. The molecule has 12 heteroatoms. The quantitative estimate of drug-likeness (QED) is 0.157. The van der Waals surface area contributed by atoms with Crippen molar-refractivity contribution in [3.05, 3.63) is 376 Å². The normalized spacial score (nSPS) is 12.3. The molecule has 0 saturated heterocycles. The maximum Gasteiger partial charge on any atom is 0.0890 e. The van der Waals surface area contributed by atoms with Gasteiger partial charge in [0.25, 0.3) is 0 Å². The van der Waals surface area contributed by atoms with E-state index < -0.39 is 0 Å². The van der Waals surface area contributed by atoms with Crippen molar-refractivity contribution in [1.82, 2.24) is 9.13 Å². The molecular weight excluding hydrogens is 1720 g/mol. The Balaban J connectivity index is 0.0000000961. The molecule has 0 N–H and O–H groups in total. The van der Waals surface area contributed by atoms with Crippen LogP contribution >= 0.6 is 113 Å². The fraction of sp³-hybridized carbons (Fsp3) is 0. The molecule has 12 aromatic heterocycles. The van der Waals surface area contributed by atoms with Gasteiger partial charge in [0.2, 0.25) is 0 Å². The molecule has 0 unspecified atom stereocenters. The average Bonchev–Trinajstić information content (AvgIpc) is 1.58. The van der Waals surface area contributed by atoms with E-state index in [-0.39, 0.29) is 0 Å². The first kappa shape index (κ1) is 72.3. The molecule has 0 radical (unpaired) electrons. The van der Waals surface area contributed by atoms with Crippen LogP contribution in [0.5, 0.6) is 0 Å². The molecule has 12 heterocycles. The smallest absolute Gasteiger partial charge is 0.0890 e. The predicted octanol–water partition coefficient (Wildman–Crippen LogP) is 38.1. The number of hydrogen-bond acceptors (Lipinski definition) is 10. The number of hydrogen-bond donors (Lipinski definition) is 0. The number of para-hydroxylation sites is 3. The van der Waals surface area contributed by atoms with Crippen LogP contribution in [0.3, 0.4) is 0 Å². The van der Waals surface area contributed by atoms with Gasteiger partial charge in [-0.2, -0.15) is 0 Å². The van der Waals surface area contributed by atoms with E-state index in [0.717, 1.165) is 0 Å². The zero-order valence-corrected chi connectivity index (χ0v) is 74.9. The van der Waals surface area contributed by atoms with Crippen molar-refractivity contribution >= 4 is 326 Å². The van der Waals surface area contributed by atoms with E-state index in [2.05, 4.69) is 385 Å². The molecule has 18 aromatic carbocycles. The number of fused-ring (bicyclic) bond motifs is 33. The minimum Gasteiger partial charge on any atom is -0.309 e. The standard InChI is InChI=1S/2C38H21NS3.C38H20S4/c1-4-13-31-25(8-1)29-20-22(24-11-7-12-27-26-9-2-5-14-33(26)40-37(24)27)16-18-32(29)39(31)23-17-19-35-30(21-23)36-28-10-3-6-15-34(28)41-38(36)42-35;1-4-13-31-25(8-1)26-9-2-5-14-32(26)39(31)23-17-19-34-29(21-23)27-12-7-11-24(37(27)40-34)22-16-18-35-30(20-22)36-28-10-3-6-15-33(28)41-38(36)42-35;1-3-13-31-25(7-1)27-11-5-9-23(36(27)39-31)21-15-17-33-29(19-21)35-30-20-22(16-18-34(30)42-38(35)41-33)24-10-6-12-28-26-8-2-4-14-32(26)40-37(24)28/h2*1-21H;1-20H. The Morgan fingerprint density at radius 2 is 0.381 bits per heavy atom. The van der Waals surface area contributed by atoms with Gasteiger partial charge in [-0.05, 0) is 178 Å². The number of nitrogens with zero attached hydrogens (tertiary/aromatic N) is 2. The van der Waals surface area contributed by atoms with E-state index in [0.29, 0.717) is 0 Å². The Kier molecular flexibility index (Phi) is 16.2. The van der Waals surface area contributed by atoms with E-state index >= 15 is 0 Å². The summed E-state index contributed by atoms with van der Waals surface area (Å²) in [6.45, 7) is 0. The highest BCUT2D eigenvalue weighted by Gasteiger charge is 2.24. The number of rotatable bonds is 6. The molecule has 0 bridgehead atoms. The first-order valence-corrected chi connectivity index (χ1v) is 50.4. The van der Waals surface area contributed by atoms with Crippen LogP contribution in [0.15, 0.2) is 376 Å². The van der Waals surface area contributed by atoms with Crippen LogP contribution in [-0.2, 0) is 0 Å². The third kappa shape index (κ3) is 11.0. The summed E-state index contributed by atoms with van der Waals surface area (Å²) >= 11 is 19.1. The van der Waals surface area contributed by atoms with Crippen molar-refractivity contribution in [2.24, 2.45) is 0 Å². The van der Waals surface area contributed by atoms with Gasteiger partial charge in [-0.25, -0.2) is 0 Å². The highest BCUT2D eigenvalue weighted by Crippen LogP contribution is 2.53. The van der Waals surface area contributed by atoms with Gasteiger partial charge in [-0.1, -0.05) is 243 Å². The highest BCUT2D eigenvalue weighted by molar-refractivity contribution is 7.46. The van der Waals surface area contributed by atoms with E-state index in [1.54, 1.807) is 0 Å². The Morgan fingerprint density at radius 3 is 0.754 bits per heavy atom. The Morgan fingerprint density at radius 1 is 0.143 bits per heavy atom. The van der Waals surface area contributed by atoms with Crippen molar-refractivity contribution < 1.29 is 0 Å². The van der Waals surface area contributed by atoms with Crippen LogP contribution in [0, 0.1) is 0 Å². The number of benzene rings is 18. The van der Waals surface area contributed by atoms with Crippen LogP contribution < -0.4 is 0 Å². The van der Waals surface area contributed by atoms with E-state index in [1.165, 1.54) is 269 Å². The molecule has 0 aliphatic carbocycles. The van der Waals surface area contributed by atoms with Gasteiger partial charge in [0.05, 0.1) is 34.1 Å². The van der Waals surface area contributed by atoms with Gasteiger partial charge in [-0.3, -0.25) is 0 Å². The molecule has 0 fully saturated rings. The van der Waals surface area contributed by atoms with Crippen molar-refractivity contribution in [3.8, 4) is 55.9 Å². The molecule has 30 aromatic rings. The third-order valence-corrected chi connectivity index (χ3v) is 38.0. The van der Waals surface area contributed by atoms with Crippen LogP contribution in [-0.4, -0.2) is 9.13 Å². The minimum absolute atomic E-state index is 1.21. The molecule has 0 amide bonds. The first-order chi connectivity index (χ1) is 62.4. The Labute approximate surface area is 759 Å². The van der Waals surface area contributed by atoms with Gasteiger partial charge >= 0.3 is 0 Å². The molecule has 126 heavy (non-hydrogen) atoms. The van der Waals surface area contributed by atoms with Crippen molar-refractivity contribution in [1.29, 1.82) is 0 Å². The minimum atomic E-state index is 1.21. The van der Waals surface area contributed by atoms with Crippen molar-refractivity contribution in [3.63, 3.8) is 0 Å². The Bertz CT molecular complexity index is 9630. The van der Waals surface area contributed by atoms with Crippen molar-refractivity contribution in [2.75, 3.05) is 0 Å². The van der Waals surface area contributed by atoms with Gasteiger partial charge in [0.15, 0.2) is 0 Å². The predicted molar refractivity (Wildman–Crippen MR) is 566 cm³/mol. The van der Waals surface area contributed by atoms with Gasteiger partial charge < -0.3 is 9.13 Å². The average molecular weight is 1780 g/mol. The van der Waals surface area contributed by atoms with Gasteiger partial charge in [-0.15, -0.1) is 113 Å². The second-order valence-electron chi connectivity index (χ2n) is 32.7. The SMILES string of the molecule is c1ccc2c(c1)sc1c(-c3ccc4c(c3)c3ccccc3n4-c3ccc4sc5sc6ccccc6c5c4c3)cccc12.c1ccc2c(c1)sc1c(-c3ccc4sc5sc6ccc(-c7cccc8c7sc7ccccc78)cc6c5c4c3)cccc12.c1ccc2c(c1)sc1sc3ccc(-c4cccc5c4sc4ccc(-n6c7ccccc7c7ccccc76)cc45)cc3c12. The summed E-state index contributed by atoms with van der Waals surface area (Å²) in [5.74, 6) is 0. The lowest BCUT2D eigenvalue weighted by Gasteiger charge is -2.09. The van der Waals surface area contributed by atoms with E-state index in [9.17, 15) is 0 Å². The van der Waals surface area contributed by atoms with Gasteiger partial charge in [0.1, 0.15) is 0 Å². The Hall–Kier alpha value is -13.0. The summed E-state index contributed by atoms with van der Waals surface area (Å²) in [7, 11) is 0. The second kappa shape index (κ2) is 28.2. The largest absolute Gasteiger partial charge is 0.309 e. The fourth-order valence-electron chi connectivity index (χ4n) is 20.2. The summed E-state index contributed by atoms with van der Waals surface area (Å²) in [5.41, 5.74) is 17.8. The first-order valence-electron chi connectivity index (χ1n) is 42.2. The molecular formula is C114H62N2S10. The van der Waals surface area contributed by atoms with E-state index in [1.807, 2.05) is 113 Å². The monoisotopic (exact) mass is 1780 g/mol. The summed E-state index contributed by atoms with van der Waals surface area (Å²) in [4.78, 5) is 0. The number of aromatic nitrogens is 2. The van der Waals surface area contributed by atoms with Crippen LogP contribution in [0.1, 0.15) is 0 Å². The lowest BCUT2D eigenvalue weighted by molar-refractivity contribution is 1.19. The lowest BCUT2D eigenvalue weighted by atomic mass is 9.99. The highest BCUT2D eigenvalue weighted by atomic mass is 32.2. The zero-order valence-electron chi connectivity index (χ0n) is 66.8. The third-order valence-electron chi connectivity index (χ3n) is 25.8. The molecule has 588 valence electrons. The molecule has 0 atom stereocenters. The molecule has 30 rings (SSSR count). The molecule has 0 saturated carbocycles. The summed E-state index contributed by atoms with van der Waals surface area (Å²) in [6, 6.07) is 140. The van der Waals surface area contributed by atoms with Crippen LogP contribution in [0.25, 0.3) is 269 Å². The summed E-state index contributed by atoms with van der Waals surface area (Å²) in [6.07, 6.45) is 0.